The van der Waals surface area contributed by atoms with Crippen molar-refractivity contribution in [3.05, 3.63) is 119 Å². The van der Waals surface area contributed by atoms with Gasteiger partial charge >= 0.3 is 0 Å². The van der Waals surface area contributed by atoms with Gasteiger partial charge in [0, 0.05) is 0 Å². The zero-order valence-electron chi connectivity index (χ0n) is 16.0. The molecule has 0 bridgehead atoms. The van der Waals surface area contributed by atoms with E-state index in [2.05, 4.69) is 18.2 Å². The molecule has 0 saturated heterocycles. The second-order valence-electron chi connectivity index (χ2n) is 7.01. The number of aromatic nitrogens is 2. The van der Waals surface area contributed by atoms with Crippen molar-refractivity contribution in [2.45, 2.75) is 0 Å². The van der Waals surface area contributed by atoms with E-state index < -0.39 is 5.82 Å². The van der Waals surface area contributed by atoms with Gasteiger partial charge in [-0.3, -0.25) is 9.36 Å². The van der Waals surface area contributed by atoms with E-state index in [9.17, 15) is 9.18 Å². The molecule has 0 atom stereocenters. The molecule has 0 amide bonds. The van der Waals surface area contributed by atoms with Crippen LogP contribution < -0.4 is 5.56 Å². The smallest absolute Gasteiger partial charge is 0.266 e. The Morgan fingerprint density at radius 2 is 1.50 bits per heavy atom. The predicted molar refractivity (Wildman–Crippen MR) is 120 cm³/mol. The van der Waals surface area contributed by atoms with E-state index in [0.29, 0.717) is 22.4 Å². The largest absolute Gasteiger partial charge is 0.268 e. The monoisotopic (exact) mass is 392 g/mol. The maximum Gasteiger partial charge on any atom is 0.266 e. The van der Waals surface area contributed by atoms with Gasteiger partial charge in [-0.15, -0.1) is 0 Å². The molecule has 144 valence electrons. The quantitative estimate of drug-likeness (QED) is 0.386. The first-order chi connectivity index (χ1) is 14.7. The third kappa shape index (κ3) is 3.18. The number of halogens is 1. The van der Waals surface area contributed by atoms with Gasteiger partial charge in [-0.25, -0.2) is 9.37 Å². The molecule has 0 radical (unpaired) electrons. The predicted octanol–water partition coefficient (Wildman–Crippen LogP) is 5.85. The Morgan fingerprint density at radius 3 is 2.37 bits per heavy atom. The molecule has 0 aliphatic rings. The molecular formula is C26H17FN2O. The molecule has 0 N–H and O–H groups in total. The number of hydrogen-bond donors (Lipinski definition) is 0. The number of hydrogen-bond acceptors (Lipinski definition) is 2. The fourth-order valence-electron chi connectivity index (χ4n) is 3.69. The molecule has 4 aromatic carbocycles. The summed E-state index contributed by atoms with van der Waals surface area (Å²) in [6.07, 6.45) is 3.75. The number of nitrogens with zero attached hydrogens (tertiary/aromatic N) is 2. The molecule has 5 rings (SSSR count). The van der Waals surface area contributed by atoms with E-state index in [0.717, 1.165) is 16.3 Å². The van der Waals surface area contributed by atoms with E-state index in [1.165, 1.54) is 16.7 Å². The van der Waals surface area contributed by atoms with E-state index in [1.54, 1.807) is 30.3 Å². The van der Waals surface area contributed by atoms with Crippen LogP contribution in [0.1, 0.15) is 11.4 Å². The van der Waals surface area contributed by atoms with Gasteiger partial charge in [-0.1, -0.05) is 66.7 Å². The lowest BCUT2D eigenvalue weighted by atomic mass is 10.0. The lowest BCUT2D eigenvalue weighted by Gasteiger charge is -2.11. The molecule has 4 heteroatoms. The van der Waals surface area contributed by atoms with Crippen LogP contribution in [-0.4, -0.2) is 9.55 Å². The SMILES string of the molecule is O=c1c2ccccc2nc(/C=C/c2cccc3ccccc23)n1-c1cccc(F)c1. The lowest BCUT2D eigenvalue weighted by Crippen LogP contribution is -2.22. The van der Waals surface area contributed by atoms with Crippen LogP contribution in [-0.2, 0) is 0 Å². The molecular weight excluding hydrogens is 375 g/mol. The maximum atomic E-state index is 13.9. The minimum absolute atomic E-state index is 0.233. The summed E-state index contributed by atoms with van der Waals surface area (Å²) in [6, 6.07) is 27.4. The Labute approximate surface area is 172 Å². The molecule has 0 unspecified atom stereocenters. The molecule has 0 fully saturated rings. The number of fused-ring (bicyclic) bond motifs is 2. The van der Waals surface area contributed by atoms with Gasteiger partial charge < -0.3 is 0 Å². The summed E-state index contributed by atoms with van der Waals surface area (Å²) in [4.78, 5) is 17.9. The highest BCUT2D eigenvalue weighted by Gasteiger charge is 2.11. The van der Waals surface area contributed by atoms with Crippen molar-refractivity contribution in [2.75, 3.05) is 0 Å². The number of rotatable bonds is 3. The van der Waals surface area contributed by atoms with Crippen molar-refractivity contribution in [1.82, 2.24) is 9.55 Å². The Balaban J connectivity index is 1.74. The minimum Gasteiger partial charge on any atom is -0.268 e. The Kier molecular flexibility index (Phi) is 4.45. The van der Waals surface area contributed by atoms with Gasteiger partial charge in [0.15, 0.2) is 0 Å². The molecule has 30 heavy (non-hydrogen) atoms. The van der Waals surface area contributed by atoms with Crippen LogP contribution in [0.15, 0.2) is 95.8 Å². The maximum absolute atomic E-state index is 13.9. The molecule has 0 saturated carbocycles. The van der Waals surface area contributed by atoms with Crippen LogP contribution in [0, 0.1) is 5.82 Å². The molecule has 5 aromatic rings. The highest BCUT2D eigenvalue weighted by molar-refractivity contribution is 5.92. The van der Waals surface area contributed by atoms with Gasteiger partial charge in [0.2, 0.25) is 0 Å². The third-order valence-electron chi connectivity index (χ3n) is 5.10. The van der Waals surface area contributed by atoms with Crippen molar-refractivity contribution in [2.24, 2.45) is 0 Å². The lowest BCUT2D eigenvalue weighted by molar-refractivity contribution is 0.626. The number of para-hydroxylation sites is 1. The van der Waals surface area contributed by atoms with Crippen LogP contribution >= 0.6 is 0 Å². The van der Waals surface area contributed by atoms with Crippen LogP contribution in [0.25, 0.3) is 39.5 Å². The van der Waals surface area contributed by atoms with Crippen molar-refractivity contribution < 1.29 is 4.39 Å². The van der Waals surface area contributed by atoms with Crippen LogP contribution in [0.4, 0.5) is 4.39 Å². The molecule has 0 aliphatic heterocycles. The topological polar surface area (TPSA) is 34.9 Å². The number of benzene rings is 4. The first kappa shape index (κ1) is 18.0. The van der Waals surface area contributed by atoms with Crippen molar-refractivity contribution >= 4 is 33.8 Å². The molecule has 1 heterocycles. The van der Waals surface area contributed by atoms with Crippen LogP contribution in [0.3, 0.4) is 0 Å². The summed E-state index contributed by atoms with van der Waals surface area (Å²) in [5.74, 6) is 0.0359. The summed E-state index contributed by atoms with van der Waals surface area (Å²) in [6.45, 7) is 0. The second kappa shape index (κ2) is 7.41. The van der Waals surface area contributed by atoms with Gasteiger partial charge in [-0.2, -0.15) is 0 Å². The zero-order chi connectivity index (χ0) is 20.5. The van der Waals surface area contributed by atoms with E-state index >= 15 is 0 Å². The fraction of sp³-hybridized carbons (Fsp3) is 0. The highest BCUT2D eigenvalue weighted by Crippen LogP contribution is 2.21. The molecule has 0 aliphatic carbocycles. The average molecular weight is 392 g/mol. The van der Waals surface area contributed by atoms with Crippen molar-refractivity contribution in [3.63, 3.8) is 0 Å². The van der Waals surface area contributed by atoms with Gasteiger partial charge in [-0.05, 0) is 52.7 Å². The minimum atomic E-state index is -0.406. The Morgan fingerprint density at radius 1 is 0.767 bits per heavy atom. The summed E-state index contributed by atoms with van der Waals surface area (Å²) < 4.78 is 15.4. The van der Waals surface area contributed by atoms with Crippen molar-refractivity contribution in [3.8, 4) is 5.69 Å². The van der Waals surface area contributed by atoms with Gasteiger partial charge in [0.05, 0.1) is 16.6 Å². The zero-order valence-corrected chi connectivity index (χ0v) is 16.0. The first-order valence-corrected chi connectivity index (χ1v) is 9.64. The Hall–Kier alpha value is -4.05. The van der Waals surface area contributed by atoms with E-state index in [1.807, 2.05) is 42.5 Å². The summed E-state index contributed by atoms with van der Waals surface area (Å²) >= 11 is 0. The van der Waals surface area contributed by atoms with Crippen molar-refractivity contribution in [1.29, 1.82) is 0 Å². The van der Waals surface area contributed by atoms with Crippen LogP contribution in [0.2, 0.25) is 0 Å². The summed E-state index contributed by atoms with van der Waals surface area (Å²) in [7, 11) is 0. The summed E-state index contributed by atoms with van der Waals surface area (Å²) in [5, 5.41) is 2.73. The standard InChI is InChI=1S/C26H17FN2O/c27-20-10-6-11-21(17-20)29-25(28-24-14-4-3-13-23(24)26(29)30)16-15-19-9-5-8-18-7-1-2-12-22(18)19/h1-17H/b16-15+. The highest BCUT2D eigenvalue weighted by atomic mass is 19.1. The van der Waals surface area contributed by atoms with Gasteiger partial charge in [0.25, 0.3) is 5.56 Å². The molecule has 1 aromatic heterocycles. The second-order valence-corrected chi connectivity index (χ2v) is 7.01. The van der Waals surface area contributed by atoms with Gasteiger partial charge in [0.1, 0.15) is 11.6 Å². The molecule has 3 nitrogen and oxygen atoms in total. The van der Waals surface area contributed by atoms with Crippen LogP contribution in [0.5, 0.6) is 0 Å². The van der Waals surface area contributed by atoms with E-state index in [4.69, 9.17) is 4.98 Å². The van der Waals surface area contributed by atoms with E-state index in [-0.39, 0.29) is 5.56 Å². The Bertz CT molecular complexity index is 1480. The fourth-order valence-corrected chi connectivity index (χ4v) is 3.69. The third-order valence-corrected chi connectivity index (χ3v) is 5.10. The first-order valence-electron chi connectivity index (χ1n) is 9.64. The molecule has 0 spiro atoms. The normalized spacial score (nSPS) is 11.5. The summed E-state index contributed by atoms with van der Waals surface area (Å²) in [5.41, 5.74) is 1.83. The average Bonchev–Trinajstić information content (AvgIpc) is 2.78.